The Morgan fingerprint density at radius 3 is 2.47 bits per heavy atom. The zero-order valence-electron chi connectivity index (χ0n) is 10.2. The summed E-state index contributed by atoms with van der Waals surface area (Å²) in [7, 11) is -0.148. The summed E-state index contributed by atoms with van der Waals surface area (Å²) in [5.41, 5.74) is 0. The van der Waals surface area contributed by atoms with Crippen molar-refractivity contribution in [2.24, 2.45) is 0 Å². The Morgan fingerprint density at radius 1 is 1.27 bits per heavy atom. The lowest BCUT2D eigenvalue weighted by molar-refractivity contribution is -0.141. The minimum absolute atomic E-state index is 0.226. The van der Waals surface area contributed by atoms with Gasteiger partial charge in [0.1, 0.15) is 0 Å². The number of carbonyl (C=O) groups is 1. The zero-order chi connectivity index (χ0) is 11.7. The van der Waals surface area contributed by atoms with E-state index in [9.17, 15) is 4.79 Å². The van der Waals surface area contributed by atoms with Gasteiger partial charge in [-0.3, -0.25) is 4.79 Å². The SMILES string of the molecule is CCO[Si](C)(C)CCOCCC(=O)OC. The quantitative estimate of drug-likeness (QED) is 0.365. The summed E-state index contributed by atoms with van der Waals surface area (Å²) in [5, 5.41) is 0. The second kappa shape index (κ2) is 7.84. The normalized spacial score (nSPS) is 11.5. The van der Waals surface area contributed by atoms with Gasteiger partial charge in [0, 0.05) is 13.2 Å². The largest absolute Gasteiger partial charge is 0.469 e. The number of rotatable bonds is 8. The molecule has 0 aliphatic carbocycles. The van der Waals surface area contributed by atoms with Crippen LogP contribution >= 0.6 is 0 Å². The third kappa shape index (κ3) is 8.59. The van der Waals surface area contributed by atoms with E-state index in [4.69, 9.17) is 9.16 Å². The molecule has 0 aromatic heterocycles. The molecule has 0 aromatic rings. The molecule has 0 fully saturated rings. The molecule has 90 valence electrons. The van der Waals surface area contributed by atoms with E-state index in [0.717, 1.165) is 12.7 Å². The fourth-order valence-corrected chi connectivity index (χ4v) is 2.70. The van der Waals surface area contributed by atoms with Crippen LogP contribution < -0.4 is 0 Å². The highest BCUT2D eigenvalue weighted by Crippen LogP contribution is 2.10. The molecule has 0 saturated carbocycles. The van der Waals surface area contributed by atoms with Gasteiger partial charge in [-0.05, 0) is 26.1 Å². The summed E-state index contributed by atoms with van der Waals surface area (Å²) >= 11 is 0. The second-order valence-corrected chi connectivity index (χ2v) is 8.19. The summed E-state index contributed by atoms with van der Waals surface area (Å²) in [6, 6.07) is 0.960. The molecule has 0 aromatic carbocycles. The lowest BCUT2D eigenvalue weighted by atomic mass is 10.5. The highest BCUT2D eigenvalue weighted by atomic mass is 28.4. The van der Waals surface area contributed by atoms with Gasteiger partial charge in [-0.25, -0.2) is 0 Å². The van der Waals surface area contributed by atoms with Gasteiger partial charge in [-0.15, -0.1) is 0 Å². The van der Waals surface area contributed by atoms with Crippen LogP contribution in [0.2, 0.25) is 19.1 Å². The molecule has 0 bridgehead atoms. The molecule has 0 aliphatic rings. The maximum atomic E-state index is 10.8. The Labute approximate surface area is 93.0 Å². The van der Waals surface area contributed by atoms with Crippen LogP contribution in [0, 0.1) is 0 Å². The smallest absolute Gasteiger partial charge is 0.307 e. The van der Waals surface area contributed by atoms with E-state index in [1.165, 1.54) is 7.11 Å². The summed E-state index contributed by atoms with van der Waals surface area (Å²) < 4.78 is 15.5. The maximum absolute atomic E-state index is 10.8. The first-order valence-corrected chi connectivity index (χ1v) is 8.42. The van der Waals surface area contributed by atoms with E-state index >= 15 is 0 Å². The van der Waals surface area contributed by atoms with Crippen molar-refractivity contribution in [1.29, 1.82) is 0 Å². The highest BCUT2D eigenvalue weighted by Gasteiger charge is 2.20. The van der Waals surface area contributed by atoms with Gasteiger partial charge in [0.15, 0.2) is 8.32 Å². The molecular weight excluding hydrogens is 212 g/mol. The first-order valence-electron chi connectivity index (χ1n) is 5.30. The van der Waals surface area contributed by atoms with Crippen molar-refractivity contribution in [1.82, 2.24) is 0 Å². The molecule has 0 aliphatic heterocycles. The van der Waals surface area contributed by atoms with E-state index in [1.54, 1.807) is 0 Å². The van der Waals surface area contributed by atoms with Crippen molar-refractivity contribution in [2.75, 3.05) is 26.9 Å². The molecule has 0 atom stereocenters. The second-order valence-electron chi connectivity index (χ2n) is 3.88. The van der Waals surface area contributed by atoms with Crippen LogP contribution in [0.5, 0.6) is 0 Å². The number of esters is 1. The Hall–Kier alpha value is -0.393. The van der Waals surface area contributed by atoms with Gasteiger partial charge in [0.25, 0.3) is 0 Å². The average molecular weight is 234 g/mol. The number of hydrogen-bond donors (Lipinski definition) is 0. The number of methoxy groups -OCH3 is 1. The lowest BCUT2D eigenvalue weighted by Gasteiger charge is -2.21. The van der Waals surface area contributed by atoms with Crippen molar-refractivity contribution in [3.63, 3.8) is 0 Å². The third-order valence-electron chi connectivity index (χ3n) is 2.06. The Bertz CT molecular complexity index is 182. The molecule has 0 spiro atoms. The first-order chi connectivity index (χ1) is 7.02. The highest BCUT2D eigenvalue weighted by molar-refractivity contribution is 6.71. The monoisotopic (exact) mass is 234 g/mol. The topological polar surface area (TPSA) is 44.8 Å². The standard InChI is InChI=1S/C10H22O4Si/c1-5-14-15(3,4)9-8-13-7-6-10(11)12-2/h5-9H2,1-4H3. The molecule has 0 unspecified atom stereocenters. The van der Waals surface area contributed by atoms with Gasteiger partial charge < -0.3 is 13.9 Å². The third-order valence-corrected chi connectivity index (χ3v) is 4.54. The molecule has 4 nitrogen and oxygen atoms in total. The van der Waals surface area contributed by atoms with E-state index in [2.05, 4.69) is 17.8 Å². The minimum Gasteiger partial charge on any atom is -0.469 e. The van der Waals surface area contributed by atoms with Crippen molar-refractivity contribution in [3.05, 3.63) is 0 Å². The minimum atomic E-state index is -1.53. The molecule has 0 saturated heterocycles. The van der Waals surface area contributed by atoms with Crippen LogP contribution in [0.3, 0.4) is 0 Å². The Kier molecular flexibility index (Phi) is 7.64. The lowest BCUT2D eigenvalue weighted by Crippen LogP contribution is -2.31. The Morgan fingerprint density at radius 2 is 1.93 bits per heavy atom. The summed E-state index contributed by atoms with van der Waals surface area (Å²) in [6.07, 6.45) is 0.327. The van der Waals surface area contributed by atoms with Crippen LogP contribution in [0.4, 0.5) is 0 Å². The van der Waals surface area contributed by atoms with Gasteiger partial charge in [-0.1, -0.05) is 0 Å². The number of carbonyl (C=O) groups excluding carboxylic acids is 1. The van der Waals surface area contributed by atoms with Crippen LogP contribution in [0.25, 0.3) is 0 Å². The molecule has 0 amide bonds. The molecule has 0 heterocycles. The van der Waals surface area contributed by atoms with E-state index in [-0.39, 0.29) is 5.97 Å². The predicted molar refractivity (Wildman–Crippen MR) is 61.4 cm³/mol. The summed E-state index contributed by atoms with van der Waals surface area (Å²) in [4.78, 5) is 10.8. The predicted octanol–water partition coefficient (Wildman–Crippen LogP) is 1.81. The van der Waals surface area contributed by atoms with Crippen LogP contribution in [-0.2, 0) is 18.7 Å². The summed E-state index contributed by atoms with van der Waals surface area (Å²) in [5.74, 6) is -0.226. The van der Waals surface area contributed by atoms with Crippen molar-refractivity contribution in [3.8, 4) is 0 Å². The fraction of sp³-hybridized carbons (Fsp3) is 0.900. The van der Waals surface area contributed by atoms with Gasteiger partial charge in [-0.2, -0.15) is 0 Å². The molecule has 0 N–H and O–H groups in total. The van der Waals surface area contributed by atoms with Gasteiger partial charge in [0.05, 0.1) is 20.1 Å². The molecule has 15 heavy (non-hydrogen) atoms. The maximum Gasteiger partial charge on any atom is 0.307 e. The van der Waals surface area contributed by atoms with Crippen LogP contribution in [0.15, 0.2) is 0 Å². The average Bonchev–Trinajstić information content (AvgIpc) is 2.16. The molecule has 0 radical (unpaired) electrons. The van der Waals surface area contributed by atoms with Crippen LogP contribution in [-0.4, -0.2) is 41.2 Å². The van der Waals surface area contributed by atoms with E-state index < -0.39 is 8.32 Å². The fourth-order valence-electron chi connectivity index (χ4n) is 1.14. The van der Waals surface area contributed by atoms with Crippen molar-refractivity contribution in [2.45, 2.75) is 32.5 Å². The molecular formula is C10H22O4Si. The number of hydrogen-bond acceptors (Lipinski definition) is 4. The van der Waals surface area contributed by atoms with Crippen molar-refractivity contribution < 1.29 is 18.7 Å². The summed E-state index contributed by atoms with van der Waals surface area (Å²) in [6.45, 7) is 8.20. The van der Waals surface area contributed by atoms with Gasteiger partial charge in [0.2, 0.25) is 0 Å². The molecule has 5 heteroatoms. The zero-order valence-corrected chi connectivity index (χ0v) is 11.2. The van der Waals surface area contributed by atoms with E-state index in [1.807, 2.05) is 6.92 Å². The van der Waals surface area contributed by atoms with Gasteiger partial charge >= 0.3 is 5.97 Å². The number of ether oxygens (including phenoxy) is 2. The van der Waals surface area contributed by atoms with Crippen molar-refractivity contribution >= 4 is 14.3 Å². The van der Waals surface area contributed by atoms with Crippen LogP contribution in [0.1, 0.15) is 13.3 Å². The first kappa shape index (κ1) is 14.6. The Balaban J connectivity index is 3.41. The van der Waals surface area contributed by atoms with E-state index in [0.29, 0.717) is 19.6 Å². The molecule has 0 rings (SSSR count).